The molecule has 7 nitrogen and oxygen atoms in total. The lowest BCUT2D eigenvalue weighted by molar-refractivity contribution is -0.385. The lowest BCUT2D eigenvalue weighted by Gasteiger charge is -2.22. The number of ether oxygens (including phenoxy) is 1. The van der Waals surface area contributed by atoms with Gasteiger partial charge in [-0.3, -0.25) is 14.9 Å². The normalized spacial score (nSPS) is 15.6. The number of carbonyl (C=O) groups is 2. The molecule has 3 rings (SSSR count). The Bertz CT molecular complexity index is 849. The van der Waals surface area contributed by atoms with E-state index >= 15 is 0 Å². The van der Waals surface area contributed by atoms with Crippen LogP contribution in [0.1, 0.15) is 22.8 Å². The fourth-order valence-electron chi connectivity index (χ4n) is 3.03. The van der Waals surface area contributed by atoms with Gasteiger partial charge in [-0.1, -0.05) is 30.3 Å². The van der Waals surface area contributed by atoms with Crippen molar-refractivity contribution in [1.82, 2.24) is 0 Å². The van der Waals surface area contributed by atoms with Crippen LogP contribution in [0.4, 0.5) is 11.4 Å². The summed E-state index contributed by atoms with van der Waals surface area (Å²) in [5.41, 5.74) is 1.35. The number of para-hydroxylation sites is 2. The quantitative estimate of drug-likeness (QED) is 0.485. The van der Waals surface area contributed by atoms with Gasteiger partial charge in [0.15, 0.2) is 6.61 Å². The Hall–Kier alpha value is -3.22. The summed E-state index contributed by atoms with van der Waals surface area (Å²) < 4.78 is 5.02. The van der Waals surface area contributed by atoms with Gasteiger partial charge in [0, 0.05) is 17.8 Å². The smallest absolute Gasteiger partial charge is 0.345 e. The van der Waals surface area contributed by atoms with Crippen LogP contribution in [-0.4, -0.2) is 29.4 Å². The van der Waals surface area contributed by atoms with Crippen molar-refractivity contribution < 1.29 is 19.2 Å². The van der Waals surface area contributed by atoms with Gasteiger partial charge in [-0.15, -0.1) is 0 Å². The van der Waals surface area contributed by atoms with Gasteiger partial charge in [0.05, 0.1) is 4.92 Å². The Kier molecular flexibility index (Phi) is 4.47. The van der Waals surface area contributed by atoms with Gasteiger partial charge >= 0.3 is 5.97 Å². The number of nitro benzene ring substituents is 1. The molecule has 1 unspecified atom stereocenters. The lowest BCUT2D eigenvalue weighted by Crippen LogP contribution is -2.38. The van der Waals surface area contributed by atoms with Crippen molar-refractivity contribution in [1.29, 1.82) is 0 Å². The topological polar surface area (TPSA) is 89.8 Å². The first-order valence-corrected chi connectivity index (χ1v) is 7.79. The summed E-state index contributed by atoms with van der Waals surface area (Å²) in [6.07, 6.45) is 0.736. The van der Waals surface area contributed by atoms with E-state index < -0.39 is 17.5 Å². The third-order valence-corrected chi connectivity index (χ3v) is 4.12. The second kappa shape index (κ2) is 6.72. The molecule has 7 heteroatoms. The van der Waals surface area contributed by atoms with Crippen LogP contribution in [-0.2, 0) is 16.0 Å². The molecule has 2 aromatic rings. The third-order valence-electron chi connectivity index (χ3n) is 4.12. The molecule has 0 radical (unpaired) electrons. The lowest BCUT2D eigenvalue weighted by atomic mass is 10.1. The number of carbonyl (C=O) groups excluding carboxylic acids is 2. The molecule has 0 saturated carbocycles. The van der Waals surface area contributed by atoms with Crippen molar-refractivity contribution in [3.8, 4) is 0 Å². The monoisotopic (exact) mass is 340 g/mol. The number of hydrogen-bond donors (Lipinski definition) is 0. The Labute approximate surface area is 144 Å². The standard InChI is InChI=1S/C18H16N2O5/c1-12-10-13-6-2-4-8-15(13)19(12)17(21)11-25-18(22)14-7-3-5-9-16(14)20(23)24/h2-9,12H,10-11H2,1H3. The van der Waals surface area contributed by atoms with Crippen molar-refractivity contribution in [2.45, 2.75) is 19.4 Å². The molecule has 1 aliphatic rings. The Balaban J connectivity index is 1.71. The molecule has 0 aromatic heterocycles. The van der Waals surface area contributed by atoms with E-state index in [1.54, 1.807) is 4.90 Å². The van der Waals surface area contributed by atoms with Gasteiger partial charge in [-0.05, 0) is 31.0 Å². The van der Waals surface area contributed by atoms with Crippen LogP contribution >= 0.6 is 0 Å². The second-order valence-electron chi connectivity index (χ2n) is 5.80. The highest BCUT2D eigenvalue weighted by Gasteiger charge is 2.31. The van der Waals surface area contributed by atoms with Crippen LogP contribution in [0.2, 0.25) is 0 Å². The number of nitro groups is 1. The van der Waals surface area contributed by atoms with Crippen LogP contribution in [0.3, 0.4) is 0 Å². The molecule has 0 bridgehead atoms. The summed E-state index contributed by atoms with van der Waals surface area (Å²) in [4.78, 5) is 36.5. The number of benzene rings is 2. The predicted octanol–water partition coefficient (Wildman–Crippen LogP) is 2.73. The van der Waals surface area contributed by atoms with Crippen molar-refractivity contribution in [3.05, 3.63) is 69.8 Å². The molecule has 2 aromatic carbocycles. The fourth-order valence-corrected chi connectivity index (χ4v) is 3.03. The SMILES string of the molecule is CC1Cc2ccccc2N1C(=O)COC(=O)c1ccccc1[N+](=O)[O-]. The molecule has 25 heavy (non-hydrogen) atoms. The number of rotatable bonds is 4. The van der Waals surface area contributed by atoms with Gasteiger partial charge < -0.3 is 9.64 Å². The zero-order valence-electron chi connectivity index (χ0n) is 13.5. The molecule has 128 valence electrons. The van der Waals surface area contributed by atoms with E-state index in [1.165, 1.54) is 24.3 Å². The van der Waals surface area contributed by atoms with Crippen LogP contribution in [0.25, 0.3) is 0 Å². The summed E-state index contributed by atoms with van der Waals surface area (Å²) in [5.74, 6) is -1.25. The zero-order chi connectivity index (χ0) is 18.0. The number of nitrogens with zero attached hydrogens (tertiary/aromatic N) is 2. The number of fused-ring (bicyclic) bond motifs is 1. The molecule has 0 aliphatic carbocycles. The van der Waals surface area contributed by atoms with E-state index in [-0.39, 0.29) is 23.2 Å². The van der Waals surface area contributed by atoms with Gasteiger partial charge in [-0.25, -0.2) is 4.79 Å². The van der Waals surface area contributed by atoms with E-state index in [9.17, 15) is 19.7 Å². The van der Waals surface area contributed by atoms with E-state index in [0.717, 1.165) is 17.7 Å². The maximum Gasteiger partial charge on any atom is 0.345 e. The molecule has 1 atom stereocenters. The largest absolute Gasteiger partial charge is 0.452 e. The summed E-state index contributed by atoms with van der Waals surface area (Å²) in [6.45, 7) is 1.45. The van der Waals surface area contributed by atoms with Crippen LogP contribution in [0.15, 0.2) is 48.5 Å². The first kappa shape index (κ1) is 16.6. The van der Waals surface area contributed by atoms with Crippen molar-refractivity contribution in [2.24, 2.45) is 0 Å². The van der Waals surface area contributed by atoms with Crippen molar-refractivity contribution in [3.63, 3.8) is 0 Å². The minimum absolute atomic E-state index is 0.0327. The fraction of sp³-hybridized carbons (Fsp3) is 0.222. The van der Waals surface area contributed by atoms with Crippen LogP contribution < -0.4 is 4.90 Å². The number of esters is 1. The number of amides is 1. The van der Waals surface area contributed by atoms with Crippen LogP contribution in [0.5, 0.6) is 0 Å². The Morgan fingerprint density at radius 1 is 1.20 bits per heavy atom. The molecular weight excluding hydrogens is 324 g/mol. The molecular formula is C18H16N2O5. The molecule has 0 saturated heterocycles. The average Bonchev–Trinajstić information content (AvgIpc) is 2.95. The summed E-state index contributed by atoms with van der Waals surface area (Å²) in [5, 5.41) is 11.0. The zero-order valence-corrected chi connectivity index (χ0v) is 13.5. The summed E-state index contributed by atoms with van der Waals surface area (Å²) in [7, 11) is 0. The molecule has 1 aliphatic heterocycles. The first-order valence-electron chi connectivity index (χ1n) is 7.79. The summed E-state index contributed by atoms with van der Waals surface area (Å²) in [6, 6.07) is 13.0. The van der Waals surface area contributed by atoms with E-state index in [2.05, 4.69) is 0 Å². The average molecular weight is 340 g/mol. The van der Waals surface area contributed by atoms with E-state index in [4.69, 9.17) is 4.74 Å². The Morgan fingerprint density at radius 2 is 1.88 bits per heavy atom. The van der Waals surface area contributed by atoms with Crippen molar-refractivity contribution >= 4 is 23.3 Å². The second-order valence-corrected chi connectivity index (χ2v) is 5.80. The van der Waals surface area contributed by atoms with Gasteiger partial charge in [0.1, 0.15) is 5.56 Å². The first-order chi connectivity index (χ1) is 12.0. The number of hydrogen-bond acceptors (Lipinski definition) is 5. The van der Waals surface area contributed by atoms with Gasteiger partial charge in [-0.2, -0.15) is 0 Å². The minimum Gasteiger partial charge on any atom is -0.452 e. The van der Waals surface area contributed by atoms with Crippen molar-refractivity contribution in [2.75, 3.05) is 11.5 Å². The van der Waals surface area contributed by atoms with E-state index in [0.29, 0.717) is 0 Å². The minimum atomic E-state index is -0.888. The molecule has 0 spiro atoms. The molecule has 0 fully saturated rings. The maximum absolute atomic E-state index is 12.5. The highest BCUT2D eigenvalue weighted by Crippen LogP contribution is 2.31. The summed E-state index contributed by atoms with van der Waals surface area (Å²) >= 11 is 0. The molecule has 0 N–H and O–H groups in total. The van der Waals surface area contributed by atoms with Crippen LogP contribution in [0, 0.1) is 10.1 Å². The third kappa shape index (κ3) is 3.21. The highest BCUT2D eigenvalue weighted by atomic mass is 16.6. The molecule has 1 amide bonds. The van der Waals surface area contributed by atoms with Gasteiger partial charge in [0.2, 0.25) is 0 Å². The highest BCUT2D eigenvalue weighted by molar-refractivity contribution is 6.00. The van der Waals surface area contributed by atoms with E-state index in [1.807, 2.05) is 31.2 Å². The number of anilines is 1. The Morgan fingerprint density at radius 3 is 2.64 bits per heavy atom. The maximum atomic E-state index is 12.5. The van der Waals surface area contributed by atoms with Gasteiger partial charge in [0.25, 0.3) is 11.6 Å². The predicted molar refractivity (Wildman–Crippen MR) is 90.5 cm³/mol. The molecule has 1 heterocycles.